The number of piperazine rings is 2. The molecule has 2 saturated heterocycles. The number of hydrogen-bond acceptors (Lipinski definition) is 17. The maximum absolute atomic E-state index is 17.3. The number of benzene rings is 4. The van der Waals surface area contributed by atoms with Crippen molar-refractivity contribution in [3.05, 3.63) is 143 Å². The number of ketones is 1. The van der Waals surface area contributed by atoms with Crippen LogP contribution in [0.3, 0.4) is 0 Å². The summed E-state index contributed by atoms with van der Waals surface area (Å²) in [6.07, 6.45) is 5.52. The standard InChI is InChI=1S/C63H72Cl2N12O7/c1-3-39(31-66)51(43-15-19-45(64)20-16-43)57(76-27-23-74(24-28-76)55-49(41-11-7-5-8-12-41)33-68-60-53(55)62(72-70-60)83-37-47(80)35-78)59(82)58(52(40(4-2)32-67)44-17-21-46(65)22-18-44)77-29-25-75(26-30-77)56-50(42-13-9-6-10-14-42)34-69-61-54(56)63(73-71-61)84-38-48(81)36-79/h5-22,31-34,39-40,47-48,51-52,57-58,66-67,78-81H,3-4,23-30,35-38H2,1-2H3,(H,68,70,72)(H,69,71,73)/t39-,40-,47+,48+,51?,52?,57?,58?/m1/s1. The number of hydrogen-bond donors (Lipinski definition) is 8. The third kappa shape index (κ3) is 12.7. The number of pyridine rings is 2. The lowest BCUT2D eigenvalue weighted by molar-refractivity contribution is -0.132. The third-order valence-electron chi connectivity index (χ3n) is 16.6. The van der Waals surface area contributed by atoms with E-state index >= 15 is 4.79 Å². The number of aromatic nitrogens is 6. The highest BCUT2D eigenvalue weighted by Gasteiger charge is 2.48. The Morgan fingerprint density at radius 1 is 0.583 bits per heavy atom. The van der Waals surface area contributed by atoms with Crippen LogP contribution >= 0.6 is 23.2 Å². The molecule has 2 aliphatic heterocycles. The molecule has 21 heteroatoms. The second-order valence-electron chi connectivity index (χ2n) is 21.5. The largest absolute Gasteiger partial charge is 0.473 e. The SMILES string of the molecule is CC[C@H](C=N)C(c1ccc(Cl)cc1)C(C(=O)C(C(c1ccc(Cl)cc1)[C@@H](C=N)CC)N1CCN(c2c(-c3ccccc3)cnc3[nH]nc(OC[C@@H](O)CO)c23)CC1)N1CCN(c2c(-c3ccccc3)cnc3[nH]nc(OC[C@@H](O)CO)c23)CC1. The number of nitrogens with one attached hydrogen (secondary N) is 4. The molecule has 4 aromatic heterocycles. The molecule has 8 N–H and O–H groups in total. The smallest absolute Gasteiger partial charge is 0.244 e. The monoisotopic (exact) mass is 1180 g/mol. The maximum atomic E-state index is 17.3. The number of carbonyl (C=O) groups excluding carboxylic acids is 1. The fraction of sp³-hybridized carbons (Fsp3) is 0.381. The van der Waals surface area contributed by atoms with Gasteiger partial charge in [-0.15, -0.1) is 10.2 Å². The van der Waals surface area contributed by atoms with E-state index in [9.17, 15) is 20.4 Å². The van der Waals surface area contributed by atoms with E-state index in [4.69, 9.17) is 53.5 Å². The minimum absolute atomic E-state index is 0.0223. The topological polar surface area (TPSA) is 260 Å². The van der Waals surface area contributed by atoms with Crippen LogP contribution in [-0.2, 0) is 4.79 Å². The van der Waals surface area contributed by atoms with Crippen LogP contribution in [0.15, 0.2) is 122 Å². The third-order valence-corrected chi connectivity index (χ3v) is 17.1. The Bertz CT molecular complexity index is 3240. The van der Waals surface area contributed by atoms with Crippen molar-refractivity contribution in [1.82, 2.24) is 40.2 Å². The quantitative estimate of drug-likeness (QED) is 0.0236. The van der Waals surface area contributed by atoms with Gasteiger partial charge in [-0.1, -0.05) is 122 Å². The summed E-state index contributed by atoms with van der Waals surface area (Å²) >= 11 is 13.3. The van der Waals surface area contributed by atoms with Gasteiger partial charge in [0.25, 0.3) is 0 Å². The molecular weight excluding hydrogens is 1110 g/mol. The second kappa shape index (κ2) is 27.6. The van der Waals surface area contributed by atoms with E-state index in [2.05, 4.69) is 53.8 Å². The van der Waals surface area contributed by atoms with Gasteiger partial charge in [0.2, 0.25) is 11.8 Å². The van der Waals surface area contributed by atoms with Crippen molar-refractivity contribution in [2.24, 2.45) is 11.8 Å². The van der Waals surface area contributed by atoms with Gasteiger partial charge < -0.3 is 50.5 Å². The van der Waals surface area contributed by atoms with Gasteiger partial charge in [-0.3, -0.25) is 24.8 Å². The van der Waals surface area contributed by atoms with E-state index in [1.807, 2.05) is 122 Å². The lowest BCUT2D eigenvalue weighted by atomic mass is 9.71. The molecule has 0 radical (unpaired) electrons. The van der Waals surface area contributed by atoms with Crippen molar-refractivity contribution < 1.29 is 34.7 Å². The Morgan fingerprint density at radius 2 is 0.952 bits per heavy atom. The first kappa shape index (κ1) is 59.8. The fourth-order valence-electron chi connectivity index (χ4n) is 12.3. The number of fused-ring (bicyclic) bond motifs is 2. The maximum Gasteiger partial charge on any atom is 0.244 e. The summed E-state index contributed by atoms with van der Waals surface area (Å²) in [5, 5.41) is 75.6. The van der Waals surface area contributed by atoms with Crippen LogP contribution in [0.2, 0.25) is 10.0 Å². The molecule has 19 nitrogen and oxygen atoms in total. The van der Waals surface area contributed by atoms with Gasteiger partial charge in [0, 0.05) is 110 Å². The number of aliphatic hydroxyl groups excluding tert-OH is 4. The Kier molecular flexibility index (Phi) is 19.6. The van der Waals surface area contributed by atoms with Crippen LogP contribution in [0.5, 0.6) is 11.8 Å². The first-order valence-corrected chi connectivity index (χ1v) is 29.5. The summed E-state index contributed by atoms with van der Waals surface area (Å²) in [4.78, 5) is 36.0. The molecule has 8 atom stereocenters. The lowest BCUT2D eigenvalue weighted by Gasteiger charge is -2.49. The predicted molar refractivity (Wildman–Crippen MR) is 329 cm³/mol. The Labute approximate surface area is 498 Å². The second-order valence-corrected chi connectivity index (χ2v) is 22.4. The van der Waals surface area contributed by atoms with E-state index in [-0.39, 0.29) is 42.6 Å². The number of anilines is 2. The van der Waals surface area contributed by atoms with E-state index in [1.54, 1.807) is 0 Å². The molecule has 0 amide bonds. The first-order chi connectivity index (χ1) is 41.0. The van der Waals surface area contributed by atoms with Crippen LogP contribution in [0.4, 0.5) is 11.4 Å². The van der Waals surface area contributed by atoms with Gasteiger partial charge in [0.15, 0.2) is 17.1 Å². The lowest BCUT2D eigenvalue weighted by Crippen LogP contribution is -2.63. The highest BCUT2D eigenvalue weighted by Crippen LogP contribution is 2.45. The molecule has 0 saturated carbocycles. The van der Waals surface area contributed by atoms with Crippen LogP contribution in [0.1, 0.15) is 49.7 Å². The van der Waals surface area contributed by atoms with Gasteiger partial charge in [0.05, 0.1) is 36.7 Å². The minimum atomic E-state index is -1.13. The summed E-state index contributed by atoms with van der Waals surface area (Å²) < 4.78 is 12.2. The van der Waals surface area contributed by atoms with Gasteiger partial charge in [0.1, 0.15) is 36.2 Å². The number of aliphatic hydroxyl groups is 4. The molecule has 4 unspecified atom stereocenters. The number of rotatable bonds is 26. The van der Waals surface area contributed by atoms with Crippen molar-refractivity contribution in [2.45, 2.75) is 62.8 Å². The molecule has 0 aliphatic carbocycles. The number of Topliss-reactive ketones (excluding diaryl/α,β-unsaturated/α-hetero) is 1. The summed E-state index contributed by atoms with van der Waals surface area (Å²) in [5.41, 5.74) is 7.92. The molecule has 6 heterocycles. The molecule has 84 heavy (non-hydrogen) atoms. The molecule has 0 spiro atoms. The van der Waals surface area contributed by atoms with E-state index in [1.165, 1.54) is 12.4 Å². The van der Waals surface area contributed by atoms with E-state index in [0.29, 0.717) is 97.3 Å². The molecule has 8 aromatic rings. The highest BCUT2D eigenvalue weighted by atomic mass is 35.5. The molecule has 2 aliphatic rings. The van der Waals surface area contributed by atoms with Gasteiger partial charge >= 0.3 is 0 Å². The molecule has 10 rings (SSSR count). The van der Waals surface area contributed by atoms with Crippen molar-refractivity contribution in [3.63, 3.8) is 0 Å². The van der Waals surface area contributed by atoms with Crippen LogP contribution < -0.4 is 19.3 Å². The summed E-state index contributed by atoms with van der Waals surface area (Å²) in [7, 11) is 0. The van der Waals surface area contributed by atoms with Crippen LogP contribution in [-0.4, -0.2) is 182 Å². The predicted octanol–water partition coefficient (Wildman–Crippen LogP) is 8.50. The zero-order valence-corrected chi connectivity index (χ0v) is 48.6. The average molecular weight is 1180 g/mol. The summed E-state index contributed by atoms with van der Waals surface area (Å²) in [6.45, 7) is 6.36. The molecule has 4 aromatic carbocycles. The number of halogens is 2. The van der Waals surface area contributed by atoms with Crippen LogP contribution in [0, 0.1) is 22.7 Å². The summed E-state index contributed by atoms with van der Waals surface area (Å²) in [5.74, 6) is -1.28. The zero-order chi connectivity index (χ0) is 58.9. The van der Waals surface area contributed by atoms with Crippen molar-refractivity contribution in [1.29, 1.82) is 10.8 Å². The van der Waals surface area contributed by atoms with E-state index < -0.39 is 49.3 Å². The Balaban J connectivity index is 1.08. The number of nitrogens with zero attached hydrogens (tertiary/aromatic N) is 8. The normalized spacial score (nSPS) is 17.3. The number of aromatic amines is 2. The first-order valence-electron chi connectivity index (χ1n) is 28.7. The highest BCUT2D eigenvalue weighted by molar-refractivity contribution is 6.30. The molecule has 2 fully saturated rings. The zero-order valence-electron chi connectivity index (χ0n) is 47.1. The summed E-state index contributed by atoms with van der Waals surface area (Å²) in [6, 6.07) is 33.7. The van der Waals surface area contributed by atoms with Gasteiger partial charge in [-0.2, -0.15) is 0 Å². The molecule has 440 valence electrons. The molecule has 0 bridgehead atoms. The van der Waals surface area contributed by atoms with Crippen molar-refractivity contribution in [2.75, 3.05) is 88.6 Å². The number of H-pyrrole nitrogens is 2. The number of ether oxygens (including phenoxy) is 2. The van der Waals surface area contributed by atoms with Crippen molar-refractivity contribution in [3.8, 4) is 34.0 Å². The molecular formula is C63H72Cl2N12O7. The fourth-order valence-corrected chi connectivity index (χ4v) is 12.6. The Morgan fingerprint density at radius 3 is 1.29 bits per heavy atom. The minimum Gasteiger partial charge on any atom is -0.473 e. The number of carbonyl (C=O) groups is 1. The van der Waals surface area contributed by atoms with Gasteiger partial charge in [-0.25, -0.2) is 9.97 Å². The average Bonchev–Trinajstić information content (AvgIpc) is 2.35. The Hall–Kier alpha value is -7.33. The van der Waals surface area contributed by atoms with Crippen LogP contribution in [0.25, 0.3) is 44.3 Å². The van der Waals surface area contributed by atoms with Crippen molar-refractivity contribution >= 4 is 74.9 Å². The van der Waals surface area contributed by atoms with E-state index in [0.717, 1.165) is 44.8 Å². The van der Waals surface area contributed by atoms with Gasteiger partial charge in [-0.05, 0) is 71.8 Å².